The molecule has 5 nitrogen and oxygen atoms in total. The fraction of sp³-hybridized carbons (Fsp3) is 0.533. The largest absolute Gasteiger partial charge is 0.490 e. The normalized spacial score (nSPS) is 18.9. The number of fused-ring (bicyclic) bond motifs is 1. The van der Waals surface area contributed by atoms with Gasteiger partial charge in [-0.3, -0.25) is 0 Å². The highest BCUT2D eigenvalue weighted by atomic mass is 19.1. The highest BCUT2D eigenvalue weighted by Gasteiger charge is 2.24. The van der Waals surface area contributed by atoms with Crippen LogP contribution >= 0.6 is 0 Å². The Balaban J connectivity index is 2.07. The third-order valence-electron chi connectivity index (χ3n) is 3.50. The van der Waals surface area contributed by atoms with E-state index in [4.69, 9.17) is 9.84 Å². The van der Waals surface area contributed by atoms with Crippen molar-refractivity contribution in [3.63, 3.8) is 0 Å². The highest BCUT2D eigenvalue weighted by Crippen LogP contribution is 2.33. The summed E-state index contributed by atoms with van der Waals surface area (Å²) in [7, 11) is 0. The van der Waals surface area contributed by atoms with Crippen LogP contribution in [0.3, 0.4) is 0 Å². The first kappa shape index (κ1) is 15.6. The van der Waals surface area contributed by atoms with Gasteiger partial charge in [0.15, 0.2) is 11.6 Å². The van der Waals surface area contributed by atoms with Gasteiger partial charge in [-0.2, -0.15) is 0 Å². The summed E-state index contributed by atoms with van der Waals surface area (Å²) >= 11 is 0. The number of carbonyl (C=O) groups is 1. The zero-order chi connectivity index (χ0) is 15.2. The summed E-state index contributed by atoms with van der Waals surface area (Å²) in [5.74, 6) is -0.182. The molecule has 2 rings (SSSR count). The van der Waals surface area contributed by atoms with Crippen LogP contribution in [0.4, 0.5) is 9.18 Å². The number of aliphatic hydroxyl groups excluding tert-OH is 1. The van der Waals surface area contributed by atoms with Gasteiger partial charge in [-0.1, -0.05) is 12.1 Å². The molecule has 3 N–H and O–H groups in total. The summed E-state index contributed by atoms with van der Waals surface area (Å²) in [6.07, 6.45) is 1.93. The molecule has 0 bridgehead atoms. The number of amides is 2. The zero-order valence-corrected chi connectivity index (χ0v) is 12.1. The number of aliphatic hydroxyl groups is 1. The Kier molecular flexibility index (Phi) is 5.38. The van der Waals surface area contributed by atoms with E-state index in [0.29, 0.717) is 25.0 Å². The van der Waals surface area contributed by atoms with E-state index in [2.05, 4.69) is 10.6 Å². The highest BCUT2D eigenvalue weighted by molar-refractivity contribution is 5.75. The molecule has 1 aliphatic heterocycles. The van der Waals surface area contributed by atoms with Gasteiger partial charge >= 0.3 is 6.03 Å². The van der Waals surface area contributed by atoms with Gasteiger partial charge in [-0.25, -0.2) is 9.18 Å². The fourth-order valence-corrected chi connectivity index (χ4v) is 2.41. The molecule has 0 aliphatic carbocycles. The van der Waals surface area contributed by atoms with Crippen LogP contribution in [0, 0.1) is 5.82 Å². The number of halogens is 1. The first-order valence-electron chi connectivity index (χ1n) is 7.21. The van der Waals surface area contributed by atoms with Crippen molar-refractivity contribution in [3.8, 4) is 5.75 Å². The van der Waals surface area contributed by atoms with E-state index in [-0.39, 0.29) is 30.5 Å². The van der Waals surface area contributed by atoms with Crippen molar-refractivity contribution in [2.45, 2.75) is 38.3 Å². The van der Waals surface area contributed by atoms with Crippen molar-refractivity contribution in [2.75, 3.05) is 13.2 Å². The molecule has 0 saturated carbocycles. The molecule has 6 heteroatoms. The van der Waals surface area contributed by atoms with Crippen molar-refractivity contribution in [1.82, 2.24) is 10.6 Å². The predicted molar refractivity (Wildman–Crippen MR) is 76.7 cm³/mol. The maximum atomic E-state index is 13.8. The lowest BCUT2D eigenvalue weighted by Gasteiger charge is -2.20. The van der Waals surface area contributed by atoms with E-state index >= 15 is 0 Å². The third-order valence-corrected chi connectivity index (χ3v) is 3.50. The number of nitrogens with one attached hydrogen (secondary N) is 2. The number of ether oxygens (including phenoxy) is 1. The van der Waals surface area contributed by atoms with Crippen molar-refractivity contribution in [2.24, 2.45) is 0 Å². The Bertz CT molecular complexity index is 496. The third kappa shape index (κ3) is 4.07. The van der Waals surface area contributed by atoms with E-state index in [1.54, 1.807) is 12.1 Å². The van der Waals surface area contributed by atoms with Gasteiger partial charge in [-0.05, 0) is 32.3 Å². The number of carbonyl (C=O) groups excluding carboxylic acids is 1. The molecular weight excluding hydrogens is 275 g/mol. The predicted octanol–water partition coefficient (Wildman–Crippen LogP) is 2.11. The minimum absolute atomic E-state index is 0.0206. The monoisotopic (exact) mass is 296 g/mol. The smallest absolute Gasteiger partial charge is 0.315 e. The first-order chi connectivity index (χ1) is 10.1. The Morgan fingerprint density at radius 2 is 2.38 bits per heavy atom. The molecule has 1 aromatic rings. The van der Waals surface area contributed by atoms with Crippen LogP contribution in [0.2, 0.25) is 0 Å². The quantitative estimate of drug-likeness (QED) is 0.797. The van der Waals surface area contributed by atoms with E-state index in [1.165, 1.54) is 6.07 Å². The zero-order valence-electron chi connectivity index (χ0n) is 12.1. The Hall–Kier alpha value is -1.82. The minimum Gasteiger partial charge on any atom is -0.490 e. The van der Waals surface area contributed by atoms with E-state index < -0.39 is 5.82 Å². The number of hydrogen-bond acceptors (Lipinski definition) is 3. The SMILES string of the molecule is C[C@H](CCO)NC(=O)NC1CCCOc2c(F)cccc21. The van der Waals surface area contributed by atoms with Crippen LogP contribution in [-0.4, -0.2) is 30.4 Å². The second kappa shape index (κ2) is 7.26. The molecule has 116 valence electrons. The number of urea groups is 1. The molecule has 0 spiro atoms. The molecule has 1 unspecified atom stereocenters. The summed E-state index contributed by atoms with van der Waals surface area (Å²) in [6.45, 7) is 2.28. The van der Waals surface area contributed by atoms with Crippen molar-refractivity contribution in [1.29, 1.82) is 0 Å². The lowest BCUT2D eigenvalue weighted by Crippen LogP contribution is -2.42. The Morgan fingerprint density at radius 3 is 3.14 bits per heavy atom. The summed E-state index contributed by atoms with van der Waals surface area (Å²) in [5.41, 5.74) is 0.664. The van der Waals surface area contributed by atoms with E-state index in [9.17, 15) is 9.18 Å². The van der Waals surface area contributed by atoms with Gasteiger partial charge in [0.2, 0.25) is 0 Å². The molecule has 0 radical (unpaired) electrons. The Morgan fingerprint density at radius 1 is 1.57 bits per heavy atom. The average molecular weight is 296 g/mol. The summed E-state index contributed by atoms with van der Waals surface area (Å²) in [6, 6.07) is 4.02. The van der Waals surface area contributed by atoms with Crippen LogP contribution in [0.1, 0.15) is 37.8 Å². The second-order valence-electron chi connectivity index (χ2n) is 5.23. The molecule has 21 heavy (non-hydrogen) atoms. The van der Waals surface area contributed by atoms with E-state index in [0.717, 1.165) is 6.42 Å². The molecule has 2 amide bonds. The topological polar surface area (TPSA) is 70.6 Å². The minimum atomic E-state index is -0.407. The second-order valence-corrected chi connectivity index (χ2v) is 5.23. The van der Waals surface area contributed by atoms with Gasteiger partial charge < -0.3 is 20.5 Å². The maximum Gasteiger partial charge on any atom is 0.315 e. The van der Waals surface area contributed by atoms with Gasteiger partial charge in [0.1, 0.15) is 0 Å². The lowest BCUT2D eigenvalue weighted by atomic mass is 10.0. The lowest BCUT2D eigenvalue weighted by molar-refractivity contribution is 0.227. The molecule has 1 heterocycles. The van der Waals surface area contributed by atoms with Gasteiger partial charge in [0.25, 0.3) is 0 Å². The summed E-state index contributed by atoms with van der Waals surface area (Å²) in [5, 5.41) is 14.4. The fourth-order valence-electron chi connectivity index (χ4n) is 2.41. The molecular formula is C15H21FN2O3. The number of para-hydroxylation sites is 1. The number of benzene rings is 1. The number of rotatable bonds is 4. The van der Waals surface area contributed by atoms with Crippen molar-refractivity contribution in [3.05, 3.63) is 29.6 Å². The van der Waals surface area contributed by atoms with Crippen LogP contribution in [0.15, 0.2) is 18.2 Å². The van der Waals surface area contributed by atoms with Gasteiger partial charge in [-0.15, -0.1) is 0 Å². The molecule has 0 saturated heterocycles. The van der Waals surface area contributed by atoms with Crippen molar-refractivity contribution < 1.29 is 19.0 Å². The maximum absolute atomic E-state index is 13.8. The van der Waals surface area contributed by atoms with Gasteiger partial charge in [0.05, 0.1) is 12.6 Å². The van der Waals surface area contributed by atoms with Crippen LogP contribution in [0.5, 0.6) is 5.75 Å². The number of hydrogen-bond donors (Lipinski definition) is 3. The van der Waals surface area contributed by atoms with E-state index in [1.807, 2.05) is 6.92 Å². The Labute approximate surface area is 123 Å². The summed E-state index contributed by atoms with van der Waals surface area (Å²) in [4.78, 5) is 12.0. The molecule has 1 aromatic carbocycles. The average Bonchev–Trinajstić information content (AvgIpc) is 2.63. The molecule has 0 aromatic heterocycles. The van der Waals surface area contributed by atoms with Crippen LogP contribution < -0.4 is 15.4 Å². The van der Waals surface area contributed by atoms with Crippen molar-refractivity contribution >= 4 is 6.03 Å². The molecule has 0 fully saturated rings. The molecule has 2 atom stereocenters. The summed E-state index contributed by atoms with van der Waals surface area (Å²) < 4.78 is 19.2. The molecule has 1 aliphatic rings. The van der Waals surface area contributed by atoms with Crippen LogP contribution in [0.25, 0.3) is 0 Å². The first-order valence-corrected chi connectivity index (χ1v) is 7.21. The van der Waals surface area contributed by atoms with Gasteiger partial charge in [0, 0.05) is 18.2 Å². The van der Waals surface area contributed by atoms with Crippen LogP contribution in [-0.2, 0) is 0 Å². The standard InChI is InChI=1S/C15H21FN2O3/c1-10(7-8-19)17-15(20)18-13-6-3-9-21-14-11(13)4-2-5-12(14)16/h2,4-5,10,13,19H,3,6-9H2,1H3,(H2,17,18,20)/t10-,13?/m1/s1.